The molecule has 4 heteroatoms. The van der Waals surface area contributed by atoms with Crippen LogP contribution in [0.2, 0.25) is 0 Å². The second-order valence-electron chi connectivity index (χ2n) is 6.48. The monoisotopic (exact) mass is 293 g/mol. The van der Waals surface area contributed by atoms with Gasteiger partial charge in [-0.1, -0.05) is 19.9 Å². The number of benzene rings is 1. The van der Waals surface area contributed by atoms with Gasteiger partial charge in [-0.25, -0.2) is 4.39 Å². The molecule has 0 aromatic heterocycles. The molecule has 1 aliphatic heterocycles. The van der Waals surface area contributed by atoms with Crippen molar-refractivity contribution >= 4 is 5.69 Å². The Bertz CT molecular complexity index is 461. The minimum absolute atomic E-state index is 0.102. The van der Waals surface area contributed by atoms with Gasteiger partial charge in [-0.2, -0.15) is 0 Å². The highest BCUT2D eigenvalue weighted by molar-refractivity contribution is 5.50. The quantitative estimate of drug-likeness (QED) is 0.921. The van der Waals surface area contributed by atoms with Crippen molar-refractivity contribution in [2.45, 2.75) is 45.8 Å². The third-order valence-electron chi connectivity index (χ3n) is 4.08. The molecular weight excluding hydrogens is 265 g/mol. The first-order valence-electron chi connectivity index (χ1n) is 7.94. The van der Waals surface area contributed by atoms with E-state index < -0.39 is 0 Å². The average molecular weight is 293 g/mol. The van der Waals surface area contributed by atoms with Crippen LogP contribution in [0.3, 0.4) is 0 Å². The number of anilines is 1. The van der Waals surface area contributed by atoms with E-state index in [1.807, 2.05) is 12.1 Å². The van der Waals surface area contributed by atoms with E-state index >= 15 is 0 Å². The lowest BCUT2D eigenvalue weighted by atomic mass is 10.1. The summed E-state index contributed by atoms with van der Waals surface area (Å²) in [7, 11) is 2.14. The van der Waals surface area contributed by atoms with E-state index in [0.717, 1.165) is 37.3 Å². The molecule has 0 amide bonds. The van der Waals surface area contributed by atoms with Gasteiger partial charge in [0.25, 0.3) is 0 Å². The summed E-state index contributed by atoms with van der Waals surface area (Å²) in [5.41, 5.74) is 1.75. The van der Waals surface area contributed by atoms with E-state index in [4.69, 9.17) is 0 Å². The summed E-state index contributed by atoms with van der Waals surface area (Å²) in [6, 6.07) is 6.40. The fourth-order valence-corrected chi connectivity index (χ4v) is 2.95. The lowest BCUT2D eigenvalue weighted by molar-refractivity contribution is 0.337. The summed E-state index contributed by atoms with van der Waals surface area (Å²) < 4.78 is 14.5. The first-order chi connectivity index (χ1) is 9.97. The number of nitrogens with one attached hydrogen (secondary N) is 1. The molecule has 1 unspecified atom stereocenters. The van der Waals surface area contributed by atoms with Crippen LogP contribution in [0, 0.1) is 5.82 Å². The summed E-state index contributed by atoms with van der Waals surface area (Å²) in [5.74, 6) is -0.102. The van der Waals surface area contributed by atoms with Crippen LogP contribution >= 0.6 is 0 Å². The van der Waals surface area contributed by atoms with Crippen molar-refractivity contribution in [2.75, 3.05) is 31.6 Å². The van der Waals surface area contributed by atoms with Gasteiger partial charge in [-0.05, 0) is 44.6 Å². The maximum absolute atomic E-state index is 14.5. The Balaban J connectivity index is 2.12. The van der Waals surface area contributed by atoms with Gasteiger partial charge in [0.05, 0.1) is 5.69 Å². The molecular formula is C17H28FN3. The van der Waals surface area contributed by atoms with E-state index in [-0.39, 0.29) is 5.82 Å². The number of nitrogens with zero attached hydrogens (tertiary/aromatic N) is 2. The molecule has 1 fully saturated rings. The number of likely N-dealkylation sites (N-methyl/N-ethyl adjacent to an activating group) is 1. The third kappa shape index (κ3) is 4.42. The van der Waals surface area contributed by atoms with E-state index in [1.54, 1.807) is 6.07 Å². The summed E-state index contributed by atoms with van der Waals surface area (Å²) in [4.78, 5) is 4.53. The zero-order valence-electron chi connectivity index (χ0n) is 13.7. The highest BCUT2D eigenvalue weighted by Gasteiger charge is 2.22. The smallest absolute Gasteiger partial charge is 0.146 e. The Morgan fingerprint density at radius 2 is 2.10 bits per heavy atom. The molecule has 1 saturated heterocycles. The molecule has 0 bridgehead atoms. The van der Waals surface area contributed by atoms with Crippen molar-refractivity contribution in [3.8, 4) is 0 Å². The topological polar surface area (TPSA) is 18.5 Å². The largest absolute Gasteiger partial charge is 0.365 e. The predicted molar refractivity (Wildman–Crippen MR) is 87.3 cm³/mol. The second-order valence-corrected chi connectivity index (χ2v) is 6.48. The third-order valence-corrected chi connectivity index (χ3v) is 4.08. The average Bonchev–Trinajstić information content (AvgIpc) is 2.57. The van der Waals surface area contributed by atoms with Gasteiger partial charge in [-0.15, -0.1) is 0 Å². The lowest BCUT2D eigenvalue weighted by Crippen LogP contribution is -2.38. The van der Waals surface area contributed by atoms with Crippen molar-refractivity contribution in [1.29, 1.82) is 0 Å². The predicted octanol–water partition coefficient (Wildman–Crippen LogP) is 2.85. The number of hydrogen-bond donors (Lipinski definition) is 1. The zero-order chi connectivity index (χ0) is 15.4. The second kappa shape index (κ2) is 7.23. The van der Waals surface area contributed by atoms with Gasteiger partial charge in [0.15, 0.2) is 0 Å². The summed E-state index contributed by atoms with van der Waals surface area (Å²) in [6.45, 7) is 10.1. The highest BCUT2D eigenvalue weighted by atomic mass is 19.1. The van der Waals surface area contributed by atoms with E-state index in [2.05, 4.69) is 42.9 Å². The minimum Gasteiger partial charge on any atom is -0.365 e. The Morgan fingerprint density at radius 1 is 1.33 bits per heavy atom. The molecule has 118 valence electrons. The lowest BCUT2D eigenvalue weighted by Gasteiger charge is -2.30. The first-order valence-corrected chi connectivity index (χ1v) is 7.94. The van der Waals surface area contributed by atoms with Gasteiger partial charge in [0.2, 0.25) is 0 Å². The molecule has 1 aromatic carbocycles. The summed E-state index contributed by atoms with van der Waals surface area (Å²) in [5, 5.41) is 3.33. The maximum Gasteiger partial charge on any atom is 0.146 e. The van der Waals surface area contributed by atoms with Gasteiger partial charge >= 0.3 is 0 Å². The Labute approximate surface area is 128 Å². The van der Waals surface area contributed by atoms with Crippen LogP contribution in [-0.4, -0.2) is 43.7 Å². The molecule has 1 aromatic rings. The van der Waals surface area contributed by atoms with Crippen LogP contribution in [-0.2, 0) is 6.54 Å². The molecule has 2 rings (SSSR count). The van der Waals surface area contributed by atoms with Gasteiger partial charge in [0.1, 0.15) is 5.82 Å². The zero-order valence-corrected chi connectivity index (χ0v) is 13.7. The van der Waals surface area contributed by atoms with Crippen LogP contribution in [0.25, 0.3) is 0 Å². The Hall–Kier alpha value is -1.13. The molecule has 0 spiro atoms. The fourth-order valence-electron chi connectivity index (χ4n) is 2.95. The molecule has 0 aliphatic carbocycles. The number of halogens is 1. The standard InChI is InChI=1S/C17H28FN3/c1-13(2)19-11-15-6-7-17(16(18)10-15)21-9-5-8-20(4)12-14(21)3/h6-7,10,13-14,19H,5,8-9,11-12H2,1-4H3. The molecule has 1 heterocycles. The van der Waals surface area contributed by atoms with Gasteiger partial charge in [-0.3, -0.25) is 0 Å². The minimum atomic E-state index is -0.102. The number of rotatable bonds is 4. The van der Waals surface area contributed by atoms with Gasteiger partial charge in [0, 0.05) is 31.7 Å². The molecule has 21 heavy (non-hydrogen) atoms. The molecule has 0 saturated carbocycles. The van der Waals surface area contributed by atoms with Crippen molar-refractivity contribution < 1.29 is 4.39 Å². The molecule has 1 atom stereocenters. The first kappa shape index (κ1) is 16.2. The van der Waals surface area contributed by atoms with Crippen molar-refractivity contribution in [3.63, 3.8) is 0 Å². The highest BCUT2D eigenvalue weighted by Crippen LogP contribution is 2.24. The summed E-state index contributed by atoms with van der Waals surface area (Å²) in [6.07, 6.45) is 1.08. The van der Waals surface area contributed by atoms with Crippen LogP contribution in [0.4, 0.5) is 10.1 Å². The Morgan fingerprint density at radius 3 is 2.76 bits per heavy atom. The van der Waals surface area contributed by atoms with Crippen molar-refractivity contribution in [1.82, 2.24) is 10.2 Å². The number of hydrogen-bond acceptors (Lipinski definition) is 3. The SMILES string of the molecule is CC(C)NCc1ccc(N2CCCN(C)CC2C)c(F)c1. The van der Waals surface area contributed by atoms with Crippen LogP contribution in [0.15, 0.2) is 18.2 Å². The van der Waals surface area contributed by atoms with Gasteiger partial charge < -0.3 is 15.1 Å². The van der Waals surface area contributed by atoms with E-state index in [9.17, 15) is 4.39 Å². The van der Waals surface area contributed by atoms with E-state index in [1.165, 1.54) is 0 Å². The molecule has 1 aliphatic rings. The fraction of sp³-hybridized carbons (Fsp3) is 0.647. The van der Waals surface area contributed by atoms with Crippen LogP contribution in [0.5, 0.6) is 0 Å². The van der Waals surface area contributed by atoms with Crippen LogP contribution < -0.4 is 10.2 Å². The molecule has 3 nitrogen and oxygen atoms in total. The maximum atomic E-state index is 14.5. The summed E-state index contributed by atoms with van der Waals surface area (Å²) >= 11 is 0. The molecule has 0 radical (unpaired) electrons. The van der Waals surface area contributed by atoms with Crippen molar-refractivity contribution in [2.24, 2.45) is 0 Å². The molecule has 1 N–H and O–H groups in total. The van der Waals surface area contributed by atoms with Crippen molar-refractivity contribution in [3.05, 3.63) is 29.6 Å². The normalized spacial score (nSPS) is 20.9. The van der Waals surface area contributed by atoms with Crippen LogP contribution in [0.1, 0.15) is 32.8 Å². The van der Waals surface area contributed by atoms with E-state index in [0.29, 0.717) is 18.6 Å². The Kier molecular flexibility index (Phi) is 5.59.